The number of halogens is 4. The van der Waals surface area contributed by atoms with Gasteiger partial charge in [0.1, 0.15) is 0 Å². The lowest BCUT2D eigenvalue weighted by Gasteiger charge is -2.04. The van der Waals surface area contributed by atoms with Crippen LogP contribution >= 0.6 is 11.6 Å². The number of alkyl halides is 2. The second-order valence-corrected chi connectivity index (χ2v) is 2.71. The number of nitrogens with zero attached hydrogens (tertiary/aromatic N) is 1. The van der Waals surface area contributed by atoms with Gasteiger partial charge in [-0.05, 0) is 6.07 Å². The number of rotatable bonds is 2. The van der Waals surface area contributed by atoms with Gasteiger partial charge >= 0.3 is 5.97 Å². The van der Waals surface area contributed by atoms with Crippen LogP contribution in [0.15, 0.2) is 6.07 Å². The molecule has 1 heterocycles. The lowest BCUT2D eigenvalue weighted by atomic mass is 10.2. The number of hydrogen-bond acceptors (Lipinski definition) is 2. The van der Waals surface area contributed by atoms with E-state index >= 15 is 0 Å². The molecule has 0 spiro atoms. The minimum absolute atomic E-state index is 0.554. The topological polar surface area (TPSA) is 50.2 Å². The molecular weight excluding hydrogens is 223 g/mol. The van der Waals surface area contributed by atoms with Crippen molar-refractivity contribution in [3.63, 3.8) is 0 Å². The summed E-state index contributed by atoms with van der Waals surface area (Å²) in [6.45, 7) is 0. The van der Waals surface area contributed by atoms with Crippen molar-refractivity contribution in [2.24, 2.45) is 0 Å². The van der Waals surface area contributed by atoms with E-state index in [0.717, 1.165) is 0 Å². The highest BCUT2D eigenvalue weighted by atomic mass is 35.5. The van der Waals surface area contributed by atoms with Gasteiger partial charge in [-0.1, -0.05) is 11.6 Å². The van der Waals surface area contributed by atoms with E-state index in [0.29, 0.717) is 6.07 Å². The Morgan fingerprint density at radius 2 is 2.14 bits per heavy atom. The Hall–Kier alpha value is -1.30. The van der Waals surface area contributed by atoms with Crippen LogP contribution < -0.4 is 0 Å². The molecule has 0 bridgehead atoms. The summed E-state index contributed by atoms with van der Waals surface area (Å²) < 4.78 is 37.1. The van der Waals surface area contributed by atoms with E-state index < -0.39 is 34.6 Å². The zero-order chi connectivity index (χ0) is 10.9. The third-order valence-corrected chi connectivity index (χ3v) is 1.67. The highest BCUT2D eigenvalue weighted by Gasteiger charge is 2.22. The fourth-order valence-electron chi connectivity index (χ4n) is 0.818. The Morgan fingerprint density at radius 1 is 1.57 bits per heavy atom. The van der Waals surface area contributed by atoms with Crippen LogP contribution in [0, 0.1) is 5.95 Å². The lowest BCUT2D eigenvalue weighted by Crippen LogP contribution is -2.08. The average molecular weight is 226 g/mol. The molecule has 0 aliphatic rings. The molecule has 1 rings (SSSR count). The lowest BCUT2D eigenvalue weighted by molar-refractivity contribution is 0.0675. The number of hydrogen-bond donors (Lipinski definition) is 1. The second-order valence-electron chi connectivity index (χ2n) is 2.30. The molecule has 0 atom stereocenters. The summed E-state index contributed by atoms with van der Waals surface area (Å²) in [6, 6.07) is 0.554. The third kappa shape index (κ3) is 1.95. The fraction of sp³-hybridized carbons (Fsp3) is 0.143. The minimum atomic E-state index is -3.06. The van der Waals surface area contributed by atoms with E-state index in [-0.39, 0.29) is 0 Å². The Labute approximate surface area is 81.1 Å². The highest BCUT2D eigenvalue weighted by Crippen LogP contribution is 2.26. The Bertz CT molecular complexity index is 383. The van der Waals surface area contributed by atoms with Crippen LogP contribution in [0.5, 0.6) is 0 Å². The van der Waals surface area contributed by atoms with Crippen LogP contribution in [0.3, 0.4) is 0 Å². The maximum atomic E-state index is 12.6. The van der Waals surface area contributed by atoms with Crippen molar-refractivity contribution in [1.82, 2.24) is 4.98 Å². The number of carboxylic acid groups (broad SMARTS) is 1. The predicted octanol–water partition coefficient (Wildman–Crippen LogP) is 2.51. The summed E-state index contributed by atoms with van der Waals surface area (Å²) in [5, 5.41) is 7.79. The summed E-state index contributed by atoms with van der Waals surface area (Å²) in [5.41, 5.74) is -1.93. The highest BCUT2D eigenvalue weighted by molar-refractivity contribution is 6.30. The van der Waals surface area contributed by atoms with Gasteiger partial charge in [0.15, 0.2) is 5.69 Å². The van der Waals surface area contributed by atoms with Crippen molar-refractivity contribution < 1.29 is 23.1 Å². The van der Waals surface area contributed by atoms with E-state index in [1.165, 1.54) is 0 Å². The molecule has 0 unspecified atom stereocenters. The molecule has 0 aromatic carbocycles. The van der Waals surface area contributed by atoms with Crippen LogP contribution in [0.2, 0.25) is 5.02 Å². The van der Waals surface area contributed by atoms with E-state index in [1.54, 1.807) is 0 Å². The molecule has 0 saturated carbocycles. The normalized spacial score (nSPS) is 10.6. The van der Waals surface area contributed by atoms with Crippen LogP contribution in [-0.2, 0) is 0 Å². The van der Waals surface area contributed by atoms with Gasteiger partial charge in [0.05, 0.1) is 10.6 Å². The van der Waals surface area contributed by atoms with Gasteiger partial charge in [-0.3, -0.25) is 0 Å². The molecule has 1 aromatic heterocycles. The second kappa shape index (κ2) is 3.83. The molecular formula is C7H3ClF3NO2. The third-order valence-electron chi connectivity index (χ3n) is 1.40. The summed E-state index contributed by atoms with van der Waals surface area (Å²) in [5.74, 6) is -3.01. The number of aromatic nitrogens is 1. The monoisotopic (exact) mass is 225 g/mol. The standard InChI is InChI=1S/C7H3ClF3NO2/c8-3-1-2(5(9)10)4(7(13)14)12-6(3)11/h1,5H,(H,13,14). The Morgan fingerprint density at radius 3 is 2.57 bits per heavy atom. The summed E-state index contributed by atoms with van der Waals surface area (Å²) in [7, 11) is 0. The van der Waals surface area contributed by atoms with Crippen LogP contribution in [-0.4, -0.2) is 16.1 Å². The van der Waals surface area contributed by atoms with Crippen molar-refractivity contribution >= 4 is 17.6 Å². The number of pyridine rings is 1. The van der Waals surface area contributed by atoms with Crippen molar-refractivity contribution in [3.05, 3.63) is 28.3 Å². The van der Waals surface area contributed by atoms with Gasteiger partial charge in [-0.2, -0.15) is 4.39 Å². The average Bonchev–Trinajstić information content (AvgIpc) is 2.08. The Balaban J connectivity index is 3.39. The van der Waals surface area contributed by atoms with Gasteiger partial charge < -0.3 is 5.11 Å². The molecule has 0 saturated heterocycles. The van der Waals surface area contributed by atoms with Crippen molar-refractivity contribution in [3.8, 4) is 0 Å². The Kier molecular flexibility index (Phi) is 2.95. The number of aromatic carboxylic acids is 1. The molecule has 3 nitrogen and oxygen atoms in total. The van der Waals surface area contributed by atoms with Gasteiger partial charge in [0, 0.05) is 0 Å². The van der Waals surface area contributed by atoms with Gasteiger partial charge in [-0.15, -0.1) is 0 Å². The van der Waals surface area contributed by atoms with E-state index in [1.807, 2.05) is 0 Å². The first kappa shape index (κ1) is 10.8. The SMILES string of the molecule is O=C(O)c1nc(F)c(Cl)cc1C(F)F. The molecule has 0 aliphatic heterocycles. The number of carboxylic acids is 1. The van der Waals surface area contributed by atoms with Gasteiger partial charge in [-0.25, -0.2) is 18.6 Å². The van der Waals surface area contributed by atoms with E-state index in [4.69, 9.17) is 16.7 Å². The van der Waals surface area contributed by atoms with Crippen LogP contribution in [0.4, 0.5) is 13.2 Å². The first-order chi connectivity index (χ1) is 6.43. The predicted molar refractivity (Wildman–Crippen MR) is 41.1 cm³/mol. The molecule has 0 aliphatic carbocycles. The van der Waals surface area contributed by atoms with Gasteiger partial charge in [0.2, 0.25) is 5.95 Å². The molecule has 0 radical (unpaired) electrons. The van der Waals surface area contributed by atoms with Crippen molar-refractivity contribution in [2.45, 2.75) is 6.43 Å². The molecule has 0 fully saturated rings. The zero-order valence-electron chi connectivity index (χ0n) is 6.47. The summed E-state index contributed by atoms with van der Waals surface area (Å²) in [6.07, 6.45) is -3.06. The molecule has 7 heteroatoms. The summed E-state index contributed by atoms with van der Waals surface area (Å²) >= 11 is 5.17. The first-order valence-corrected chi connectivity index (χ1v) is 3.68. The zero-order valence-corrected chi connectivity index (χ0v) is 7.23. The molecule has 76 valence electrons. The van der Waals surface area contributed by atoms with Crippen molar-refractivity contribution in [2.75, 3.05) is 0 Å². The van der Waals surface area contributed by atoms with Crippen LogP contribution in [0.25, 0.3) is 0 Å². The summed E-state index contributed by atoms with van der Waals surface area (Å²) in [4.78, 5) is 13.2. The molecule has 1 N–H and O–H groups in total. The maximum absolute atomic E-state index is 12.6. The number of carbonyl (C=O) groups is 1. The fourth-order valence-corrected chi connectivity index (χ4v) is 0.978. The first-order valence-electron chi connectivity index (χ1n) is 3.31. The van der Waals surface area contributed by atoms with Gasteiger partial charge in [0.25, 0.3) is 6.43 Å². The largest absolute Gasteiger partial charge is 0.476 e. The smallest absolute Gasteiger partial charge is 0.355 e. The van der Waals surface area contributed by atoms with E-state index in [9.17, 15) is 18.0 Å². The van der Waals surface area contributed by atoms with E-state index in [2.05, 4.69) is 4.98 Å². The maximum Gasteiger partial charge on any atom is 0.355 e. The quantitative estimate of drug-likeness (QED) is 0.787. The van der Waals surface area contributed by atoms with Crippen LogP contribution in [0.1, 0.15) is 22.5 Å². The molecule has 1 aromatic rings. The molecule has 14 heavy (non-hydrogen) atoms. The molecule has 0 amide bonds. The minimum Gasteiger partial charge on any atom is -0.476 e. The van der Waals surface area contributed by atoms with Crippen molar-refractivity contribution in [1.29, 1.82) is 0 Å².